The molecule has 178 valence electrons. The average Bonchev–Trinajstić information content (AvgIpc) is 3.26. The highest BCUT2D eigenvalue weighted by atomic mass is 32.2. The molecule has 1 aliphatic rings. The lowest BCUT2D eigenvalue weighted by Gasteiger charge is -2.29. The van der Waals surface area contributed by atoms with E-state index in [1.165, 1.54) is 43.5 Å². The molecule has 1 atom stereocenters. The van der Waals surface area contributed by atoms with Gasteiger partial charge in [-0.3, -0.25) is 24.1 Å². The molecule has 9 nitrogen and oxygen atoms in total. The van der Waals surface area contributed by atoms with Gasteiger partial charge in [0, 0.05) is 25.2 Å². The van der Waals surface area contributed by atoms with Crippen LogP contribution in [0.3, 0.4) is 0 Å². The Morgan fingerprint density at radius 2 is 1.76 bits per heavy atom. The number of benzene rings is 2. The van der Waals surface area contributed by atoms with Gasteiger partial charge in [-0.25, -0.2) is 8.42 Å². The predicted octanol–water partition coefficient (Wildman–Crippen LogP) is 2.97. The summed E-state index contributed by atoms with van der Waals surface area (Å²) >= 11 is 0. The lowest BCUT2D eigenvalue weighted by molar-refractivity contribution is -0.384. The van der Waals surface area contributed by atoms with E-state index in [0.29, 0.717) is 5.56 Å². The standard InChI is InChI=1S/C23H30N4O5S/c1-17-6-11-21(27(29)30)14-22(17)26(33(3,31)32)18(2)23(28)24-15-19-7-9-20(10-8-19)16-25-12-4-5-13-25/h6-11,14,18H,4-5,12-13,15-16H2,1-3H3,(H,24,28)/t18-/m0/s1. The molecule has 1 saturated heterocycles. The Morgan fingerprint density at radius 1 is 1.15 bits per heavy atom. The molecule has 0 spiro atoms. The third-order valence-electron chi connectivity index (χ3n) is 5.82. The highest BCUT2D eigenvalue weighted by molar-refractivity contribution is 7.92. The van der Waals surface area contributed by atoms with E-state index in [2.05, 4.69) is 10.2 Å². The van der Waals surface area contributed by atoms with E-state index in [9.17, 15) is 23.3 Å². The van der Waals surface area contributed by atoms with Crippen LogP contribution in [0.1, 0.15) is 36.5 Å². The molecule has 0 aromatic heterocycles. The van der Waals surface area contributed by atoms with Crippen LogP contribution in [-0.4, -0.2) is 49.5 Å². The van der Waals surface area contributed by atoms with E-state index in [4.69, 9.17) is 0 Å². The van der Waals surface area contributed by atoms with E-state index in [1.54, 1.807) is 6.92 Å². The lowest BCUT2D eigenvalue weighted by atomic mass is 10.1. The molecule has 1 N–H and O–H groups in total. The largest absolute Gasteiger partial charge is 0.350 e. The molecule has 0 unspecified atom stereocenters. The predicted molar refractivity (Wildman–Crippen MR) is 127 cm³/mol. The fourth-order valence-electron chi connectivity index (χ4n) is 4.03. The number of nitrogens with zero attached hydrogens (tertiary/aromatic N) is 3. The number of aryl methyl sites for hydroxylation is 1. The Morgan fingerprint density at radius 3 is 2.33 bits per heavy atom. The van der Waals surface area contributed by atoms with E-state index in [-0.39, 0.29) is 17.9 Å². The van der Waals surface area contributed by atoms with Gasteiger partial charge in [0.1, 0.15) is 6.04 Å². The van der Waals surface area contributed by atoms with Gasteiger partial charge in [0.2, 0.25) is 15.9 Å². The Bertz CT molecular complexity index is 1110. The SMILES string of the molecule is Cc1ccc([N+](=O)[O-])cc1N([C@@H](C)C(=O)NCc1ccc(CN2CCCC2)cc1)S(C)(=O)=O. The number of non-ortho nitro benzene ring substituents is 1. The van der Waals surface area contributed by atoms with Gasteiger partial charge in [0.15, 0.2) is 0 Å². The van der Waals surface area contributed by atoms with Crippen LogP contribution >= 0.6 is 0 Å². The molecular weight excluding hydrogens is 444 g/mol. The molecule has 2 aromatic rings. The number of carbonyl (C=O) groups is 1. The Labute approximate surface area is 194 Å². The van der Waals surface area contributed by atoms with E-state index < -0.39 is 26.9 Å². The minimum absolute atomic E-state index is 0.112. The zero-order valence-corrected chi connectivity index (χ0v) is 20.0. The summed E-state index contributed by atoms with van der Waals surface area (Å²) in [6, 6.07) is 10.9. The van der Waals surface area contributed by atoms with Crippen molar-refractivity contribution < 1.29 is 18.1 Å². The molecule has 0 bridgehead atoms. The highest BCUT2D eigenvalue weighted by Gasteiger charge is 2.31. The van der Waals surface area contributed by atoms with Crippen LogP contribution in [0.2, 0.25) is 0 Å². The number of carbonyl (C=O) groups excluding carboxylic acids is 1. The van der Waals surface area contributed by atoms with Gasteiger partial charge in [0.05, 0.1) is 16.9 Å². The first-order valence-corrected chi connectivity index (χ1v) is 12.7. The topological polar surface area (TPSA) is 113 Å². The molecule has 1 amide bonds. The summed E-state index contributed by atoms with van der Waals surface area (Å²) in [5, 5.41) is 14.0. The number of hydrogen-bond acceptors (Lipinski definition) is 6. The van der Waals surface area contributed by atoms with Gasteiger partial charge in [-0.2, -0.15) is 0 Å². The Balaban J connectivity index is 1.70. The Hall–Kier alpha value is -2.98. The summed E-state index contributed by atoms with van der Waals surface area (Å²) in [5.41, 5.74) is 2.49. The summed E-state index contributed by atoms with van der Waals surface area (Å²) in [4.78, 5) is 25.8. The zero-order valence-electron chi connectivity index (χ0n) is 19.2. The maximum absolute atomic E-state index is 12.8. The molecule has 0 radical (unpaired) electrons. The smallest absolute Gasteiger partial charge is 0.271 e. The number of hydrogen-bond donors (Lipinski definition) is 1. The van der Waals surface area contributed by atoms with Crippen molar-refractivity contribution in [2.24, 2.45) is 0 Å². The molecular formula is C23H30N4O5S. The van der Waals surface area contributed by atoms with Gasteiger partial charge in [0.25, 0.3) is 5.69 Å². The summed E-state index contributed by atoms with van der Waals surface area (Å²) < 4.78 is 26.0. The number of nitro benzene ring substituents is 1. The number of nitrogens with one attached hydrogen (secondary N) is 1. The quantitative estimate of drug-likeness (QED) is 0.442. The van der Waals surface area contributed by atoms with Crippen LogP contribution in [0.5, 0.6) is 0 Å². The molecule has 1 heterocycles. The normalized spacial score (nSPS) is 15.2. The van der Waals surface area contributed by atoms with Gasteiger partial charge in [-0.1, -0.05) is 30.3 Å². The van der Waals surface area contributed by atoms with Crippen molar-refractivity contribution in [2.75, 3.05) is 23.7 Å². The lowest BCUT2D eigenvalue weighted by Crippen LogP contribution is -2.48. The van der Waals surface area contributed by atoms with Crippen LogP contribution < -0.4 is 9.62 Å². The first-order chi connectivity index (χ1) is 15.6. The fraction of sp³-hybridized carbons (Fsp3) is 0.435. The monoisotopic (exact) mass is 474 g/mol. The molecule has 3 rings (SSSR count). The summed E-state index contributed by atoms with van der Waals surface area (Å²) in [5.74, 6) is -0.493. The molecule has 2 aromatic carbocycles. The highest BCUT2D eigenvalue weighted by Crippen LogP contribution is 2.29. The van der Waals surface area contributed by atoms with Gasteiger partial charge in [-0.15, -0.1) is 0 Å². The number of amides is 1. The number of nitro groups is 1. The fourth-order valence-corrected chi connectivity index (χ4v) is 5.25. The van der Waals surface area contributed by atoms with Gasteiger partial charge < -0.3 is 5.32 Å². The second-order valence-corrected chi connectivity index (χ2v) is 10.3. The molecule has 1 fully saturated rings. The average molecular weight is 475 g/mol. The Kier molecular flexibility index (Phi) is 7.70. The van der Waals surface area contributed by atoms with E-state index >= 15 is 0 Å². The summed E-state index contributed by atoms with van der Waals surface area (Å²) in [7, 11) is -3.88. The molecule has 0 aliphatic carbocycles. The van der Waals surface area contributed by atoms with Crippen LogP contribution in [-0.2, 0) is 27.9 Å². The van der Waals surface area contributed by atoms with Gasteiger partial charge >= 0.3 is 0 Å². The second-order valence-electron chi connectivity index (χ2n) is 8.48. The van der Waals surface area contributed by atoms with Crippen LogP contribution in [0, 0.1) is 17.0 Å². The second kappa shape index (κ2) is 10.3. The van der Waals surface area contributed by atoms with Crippen LogP contribution in [0.4, 0.5) is 11.4 Å². The van der Waals surface area contributed by atoms with E-state index in [1.807, 2.05) is 24.3 Å². The van der Waals surface area contributed by atoms with Crippen molar-refractivity contribution in [1.82, 2.24) is 10.2 Å². The number of rotatable bonds is 9. The van der Waals surface area contributed by atoms with Crippen molar-refractivity contribution >= 4 is 27.3 Å². The molecule has 33 heavy (non-hydrogen) atoms. The molecule has 0 saturated carbocycles. The summed E-state index contributed by atoms with van der Waals surface area (Å²) in [6.45, 7) is 6.51. The first-order valence-electron chi connectivity index (χ1n) is 10.9. The minimum Gasteiger partial charge on any atom is -0.350 e. The third kappa shape index (κ3) is 6.29. The molecule has 10 heteroatoms. The molecule has 1 aliphatic heterocycles. The number of likely N-dealkylation sites (tertiary alicyclic amines) is 1. The van der Waals surface area contributed by atoms with Crippen molar-refractivity contribution in [1.29, 1.82) is 0 Å². The van der Waals surface area contributed by atoms with Crippen LogP contribution in [0.25, 0.3) is 0 Å². The summed E-state index contributed by atoms with van der Waals surface area (Å²) in [6.07, 6.45) is 3.46. The zero-order chi connectivity index (χ0) is 24.2. The minimum atomic E-state index is -3.88. The number of sulfonamides is 1. The maximum Gasteiger partial charge on any atom is 0.271 e. The third-order valence-corrected chi connectivity index (χ3v) is 7.05. The first kappa shape index (κ1) is 24.7. The maximum atomic E-state index is 12.8. The van der Waals surface area contributed by atoms with E-state index in [0.717, 1.165) is 35.8 Å². The van der Waals surface area contributed by atoms with Gasteiger partial charge in [-0.05, 0) is 56.5 Å². The van der Waals surface area contributed by atoms with Crippen LogP contribution in [0.15, 0.2) is 42.5 Å². The number of anilines is 1. The van der Waals surface area contributed by atoms with Crippen molar-refractivity contribution in [3.63, 3.8) is 0 Å². The van der Waals surface area contributed by atoms with Crippen molar-refractivity contribution in [3.05, 3.63) is 69.3 Å². The van der Waals surface area contributed by atoms with Crippen molar-refractivity contribution in [3.8, 4) is 0 Å². The van der Waals surface area contributed by atoms with Crippen molar-refractivity contribution in [2.45, 2.75) is 45.8 Å².